The van der Waals surface area contributed by atoms with Crippen LogP contribution in [-0.2, 0) is 9.59 Å². The van der Waals surface area contributed by atoms with Crippen LogP contribution in [0.15, 0.2) is 0 Å². The second kappa shape index (κ2) is 5.04. The van der Waals surface area contributed by atoms with Gasteiger partial charge >= 0.3 is 0 Å². The molecule has 1 unspecified atom stereocenters. The zero-order chi connectivity index (χ0) is 12.4. The standard InChI is InChI=1S/C12H21N3O2/c1-8-4-3-5-9(2)15(8)12(17)10-6-14-11(16)7-13-10/h8-10,13H,3-7H2,1-2H3,(H,14,16)/t8-,9+,10?. The quantitative estimate of drug-likeness (QED) is 0.670. The summed E-state index contributed by atoms with van der Waals surface area (Å²) in [5, 5.41) is 5.74. The Hall–Kier alpha value is -1.10. The summed E-state index contributed by atoms with van der Waals surface area (Å²) in [6, 6.07) is 0.368. The SMILES string of the molecule is C[C@@H]1CCC[C@H](C)N1C(=O)C1CNC(=O)CN1. The van der Waals surface area contributed by atoms with E-state index in [0.717, 1.165) is 12.8 Å². The third-order valence-electron chi connectivity index (χ3n) is 3.76. The highest BCUT2D eigenvalue weighted by molar-refractivity contribution is 5.87. The maximum absolute atomic E-state index is 12.4. The molecule has 0 saturated carbocycles. The van der Waals surface area contributed by atoms with Gasteiger partial charge < -0.3 is 10.2 Å². The highest BCUT2D eigenvalue weighted by Crippen LogP contribution is 2.23. The smallest absolute Gasteiger partial charge is 0.242 e. The van der Waals surface area contributed by atoms with E-state index in [1.54, 1.807) is 0 Å². The molecule has 0 aromatic carbocycles. The van der Waals surface area contributed by atoms with Crippen LogP contribution in [0.25, 0.3) is 0 Å². The first-order valence-corrected chi connectivity index (χ1v) is 6.42. The van der Waals surface area contributed by atoms with Crippen LogP contribution in [0, 0.1) is 0 Å². The van der Waals surface area contributed by atoms with Gasteiger partial charge in [0.2, 0.25) is 11.8 Å². The molecule has 2 amide bonds. The maximum atomic E-state index is 12.4. The molecule has 5 nitrogen and oxygen atoms in total. The molecule has 0 aromatic rings. The molecule has 17 heavy (non-hydrogen) atoms. The number of rotatable bonds is 1. The van der Waals surface area contributed by atoms with Crippen LogP contribution >= 0.6 is 0 Å². The van der Waals surface area contributed by atoms with Crippen LogP contribution in [-0.4, -0.2) is 47.9 Å². The molecule has 0 aliphatic carbocycles. The Balaban J connectivity index is 2.00. The Morgan fingerprint density at radius 1 is 1.29 bits per heavy atom. The zero-order valence-corrected chi connectivity index (χ0v) is 10.5. The van der Waals surface area contributed by atoms with E-state index >= 15 is 0 Å². The van der Waals surface area contributed by atoms with E-state index in [0.29, 0.717) is 18.6 Å². The highest BCUT2D eigenvalue weighted by Gasteiger charge is 2.34. The van der Waals surface area contributed by atoms with Crippen molar-refractivity contribution in [2.45, 2.75) is 51.2 Å². The second-order valence-corrected chi connectivity index (χ2v) is 5.11. The number of hydrogen-bond donors (Lipinski definition) is 2. The van der Waals surface area contributed by atoms with Crippen molar-refractivity contribution in [2.75, 3.05) is 13.1 Å². The summed E-state index contributed by atoms with van der Waals surface area (Å²) in [5.41, 5.74) is 0. The lowest BCUT2D eigenvalue weighted by molar-refractivity contribution is -0.140. The minimum absolute atomic E-state index is 0.0335. The van der Waals surface area contributed by atoms with Gasteiger partial charge in [-0.1, -0.05) is 0 Å². The lowest BCUT2D eigenvalue weighted by atomic mass is 9.96. The van der Waals surface area contributed by atoms with Gasteiger partial charge in [-0.05, 0) is 33.1 Å². The average molecular weight is 239 g/mol. The Morgan fingerprint density at radius 2 is 1.94 bits per heavy atom. The number of nitrogens with one attached hydrogen (secondary N) is 2. The fraction of sp³-hybridized carbons (Fsp3) is 0.833. The van der Waals surface area contributed by atoms with Gasteiger partial charge in [-0.3, -0.25) is 14.9 Å². The molecular formula is C12H21N3O2. The number of nitrogens with zero attached hydrogens (tertiary/aromatic N) is 1. The summed E-state index contributed by atoms with van der Waals surface area (Å²) >= 11 is 0. The molecule has 3 atom stereocenters. The van der Waals surface area contributed by atoms with Gasteiger partial charge in [-0.2, -0.15) is 0 Å². The van der Waals surface area contributed by atoms with E-state index in [9.17, 15) is 9.59 Å². The molecule has 2 aliphatic rings. The summed E-state index contributed by atoms with van der Waals surface area (Å²) < 4.78 is 0. The molecule has 0 spiro atoms. The molecule has 2 fully saturated rings. The van der Waals surface area contributed by atoms with Crippen molar-refractivity contribution in [3.8, 4) is 0 Å². The van der Waals surface area contributed by atoms with Crippen LogP contribution in [0.1, 0.15) is 33.1 Å². The van der Waals surface area contributed by atoms with Crippen LogP contribution in [0.3, 0.4) is 0 Å². The Bertz CT molecular complexity index is 299. The van der Waals surface area contributed by atoms with Crippen molar-refractivity contribution in [3.63, 3.8) is 0 Å². The predicted molar refractivity (Wildman–Crippen MR) is 64.4 cm³/mol. The third-order valence-corrected chi connectivity index (χ3v) is 3.76. The third kappa shape index (κ3) is 2.60. The molecule has 2 rings (SSSR count). The topological polar surface area (TPSA) is 61.4 Å². The van der Waals surface area contributed by atoms with Gasteiger partial charge in [0.05, 0.1) is 6.54 Å². The van der Waals surface area contributed by atoms with E-state index in [1.165, 1.54) is 6.42 Å². The van der Waals surface area contributed by atoms with E-state index in [-0.39, 0.29) is 24.4 Å². The van der Waals surface area contributed by atoms with Gasteiger partial charge in [0.1, 0.15) is 6.04 Å². The van der Waals surface area contributed by atoms with Crippen LogP contribution in [0.4, 0.5) is 0 Å². The number of piperidine rings is 1. The summed E-state index contributed by atoms with van der Waals surface area (Å²) in [7, 11) is 0. The lowest BCUT2D eigenvalue weighted by Gasteiger charge is -2.41. The van der Waals surface area contributed by atoms with E-state index in [2.05, 4.69) is 24.5 Å². The lowest BCUT2D eigenvalue weighted by Crippen LogP contribution is -2.61. The first-order valence-electron chi connectivity index (χ1n) is 6.42. The zero-order valence-electron chi connectivity index (χ0n) is 10.5. The average Bonchev–Trinajstić information content (AvgIpc) is 2.29. The van der Waals surface area contributed by atoms with Gasteiger partial charge in [0.15, 0.2) is 0 Å². The molecule has 0 aromatic heterocycles. The number of amides is 2. The molecule has 5 heteroatoms. The number of likely N-dealkylation sites (tertiary alicyclic amines) is 1. The molecular weight excluding hydrogens is 218 g/mol. The van der Waals surface area contributed by atoms with Crippen LogP contribution < -0.4 is 10.6 Å². The normalized spacial score (nSPS) is 34.4. The molecule has 0 radical (unpaired) electrons. The van der Waals surface area contributed by atoms with E-state index in [4.69, 9.17) is 0 Å². The van der Waals surface area contributed by atoms with Gasteiger partial charge in [0.25, 0.3) is 0 Å². The van der Waals surface area contributed by atoms with Crippen molar-refractivity contribution in [3.05, 3.63) is 0 Å². The van der Waals surface area contributed by atoms with Crippen molar-refractivity contribution in [1.29, 1.82) is 0 Å². The molecule has 2 aliphatic heterocycles. The Labute approximate surface area is 102 Å². The van der Waals surface area contributed by atoms with E-state index in [1.807, 2.05) is 4.90 Å². The fourth-order valence-electron chi connectivity index (χ4n) is 2.78. The summed E-state index contributed by atoms with van der Waals surface area (Å²) in [4.78, 5) is 25.4. The number of hydrogen-bond acceptors (Lipinski definition) is 3. The summed E-state index contributed by atoms with van der Waals surface area (Å²) in [5.74, 6) is 0.0958. The molecule has 2 N–H and O–H groups in total. The largest absolute Gasteiger partial charge is 0.353 e. The molecule has 0 bridgehead atoms. The second-order valence-electron chi connectivity index (χ2n) is 5.11. The maximum Gasteiger partial charge on any atom is 0.242 e. The molecule has 2 saturated heterocycles. The van der Waals surface area contributed by atoms with Crippen LogP contribution in [0.5, 0.6) is 0 Å². The van der Waals surface area contributed by atoms with Gasteiger partial charge in [0, 0.05) is 18.6 Å². The summed E-state index contributed by atoms with van der Waals surface area (Å²) in [6.45, 7) is 4.87. The number of carbonyl (C=O) groups excluding carboxylic acids is 2. The van der Waals surface area contributed by atoms with E-state index < -0.39 is 0 Å². The number of carbonyl (C=O) groups is 2. The number of piperazine rings is 1. The van der Waals surface area contributed by atoms with Crippen molar-refractivity contribution in [1.82, 2.24) is 15.5 Å². The fourth-order valence-corrected chi connectivity index (χ4v) is 2.78. The minimum atomic E-state index is -0.254. The monoisotopic (exact) mass is 239 g/mol. The molecule has 96 valence electrons. The van der Waals surface area contributed by atoms with Crippen molar-refractivity contribution in [2.24, 2.45) is 0 Å². The first kappa shape index (κ1) is 12.4. The van der Waals surface area contributed by atoms with Gasteiger partial charge in [-0.25, -0.2) is 0 Å². The summed E-state index contributed by atoms with van der Waals surface area (Å²) in [6.07, 6.45) is 3.35. The molecule has 2 heterocycles. The predicted octanol–water partition coefficient (Wildman–Crippen LogP) is -0.136. The highest BCUT2D eigenvalue weighted by atomic mass is 16.2. The Morgan fingerprint density at radius 3 is 2.47 bits per heavy atom. The minimum Gasteiger partial charge on any atom is -0.353 e. The van der Waals surface area contributed by atoms with Gasteiger partial charge in [-0.15, -0.1) is 0 Å². The van der Waals surface area contributed by atoms with Crippen molar-refractivity contribution < 1.29 is 9.59 Å². The Kier molecular flexibility index (Phi) is 3.66. The van der Waals surface area contributed by atoms with Crippen LogP contribution in [0.2, 0.25) is 0 Å². The van der Waals surface area contributed by atoms with Crippen molar-refractivity contribution >= 4 is 11.8 Å². The first-order chi connectivity index (χ1) is 8.09.